The number of ether oxygens (including phenoxy) is 1. The van der Waals surface area contributed by atoms with Crippen molar-refractivity contribution in [2.24, 2.45) is 0 Å². The van der Waals surface area contributed by atoms with E-state index in [0.29, 0.717) is 23.5 Å². The lowest BCUT2D eigenvalue weighted by molar-refractivity contribution is 0.102. The molecule has 0 saturated heterocycles. The molecule has 28 heavy (non-hydrogen) atoms. The van der Waals surface area contributed by atoms with Gasteiger partial charge in [0.15, 0.2) is 0 Å². The zero-order valence-corrected chi connectivity index (χ0v) is 15.4. The van der Waals surface area contributed by atoms with Crippen LogP contribution >= 0.6 is 0 Å². The predicted octanol–water partition coefficient (Wildman–Crippen LogP) is 3.93. The van der Waals surface area contributed by atoms with Crippen LogP contribution in [0.25, 0.3) is 10.9 Å². The highest BCUT2D eigenvalue weighted by molar-refractivity contribution is 6.05. The molecule has 0 fully saturated rings. The van der Waals surface area contributed by atoms with Gasteiger partial charge in [0.05, 0.1) is 30.5 Å². The van der Waals surface area contributed by atoms with Gasteiger partial charge in [-0.05, 0) is 42.0 Å². The monoisotopic (exact) mass is 372 g/mol. The first-order valence-corrected chi connectivity index (χ1v) is 8.88. The van der Waals surface area contributed by atoms with Crippen molar-refractivity contribution in [3.05, 3.63) is 84.1 Å². The van der Waals surface area contributed by atoms with Crippen molar-refractivity contribution in [3.8, 4) is 5.75 Å². The van der Waals surface area contributed by atoms with Gasteiger partial charge in [-0.2, -0.15) is 5.10 Å². The number of nitrogens with zero attached hydrogens (tertiary/aromatic N) is 2. The summed E-state index contributed by atoms with van der Waals surface area (Å²) in [5.74, 6) is 0.591. The topological polar surface area (TPSA) is 82.2 Å². The van der Waals surface area contributed by atoms with Crippen molar-refractivity contribution < 1.29 is 9.53 Å². The Hall–Kier alpha value is -3.80. The van der Waals surface area contributed by atoms with Gasteiger partial charge in [0, 0.05) is 23.2 Å². The summed E-state index contributed by atoms with van der Waals surface area (Å²) in [5, 5.41) is 8.47. The first-order valence-electron chi connectivity index (χ1n) is 8.88. The third-order valence-corrected chi connectivity index (χ3v) is 4.53. The number of hydrogen-bond acceptors (Lipinski definition) is 4. The van der Waals surface area contributed by atoms with Crippen LogP contribution in [0.4, 0.5) is 11.4 Å². The smallest absolute Gasteiger partial charge is 0.255 e. The molecule has 1 aromatic heterocycles. The van der Waals surface area contributed by atoms with Crippen LogP contribution in [0.1, 0.15) is 15.9 Å². The Morgan fingerprint density at radius 3 is 2.64 bits per heavy atom. The van der Waals surface area contributed by atoms with E-state index in [0.717, 1.165) is 22.2 Å². The van der Waals surface area contributed by atoms with Gasteiger partial charge in [0.2, 0.25) is 0 Å². The molecule has 0 bridgehead atoms. The summed E-state index contributed by atoms with van der Waals surface area (Å²) < 4.78 is 7.12. The van der Waals surface area contributed by atoms with Gasteiger partial charge in [-0.25, -0.2) is 0 Å². The average Bonchev–Trinajstić information content (AvgIpc) is 3.11. The van der Waals surface area contributed by atoms with Crippen molar-refractivity contribution in [3.63, 3.8) is 0 Å². The van der Waals surface area contributed by atoms with Gasteiger partial charge in [0.1, 0.15) is 5.75 Å². The summed E-state index contributed by atoms with van der Waals surface area (Å²) in [5.41, 5.74) is 9.53. The number of nitrogens with two attached hydrogens (primary N) is 1. The average molecular weight is 372 g/mol. The van der Waals surface area contributed by atoms with Crippen LogP contribution in [0.5, 0.6) is 5.75 Å². The Balaban J connectivity index is 1.47. The maximum Gasteiger partial charge on any atom is 0.255 e. The number of nitrogen functional groups attached to an aromatic ring is 1. The molecular weight excluding hydrogens is 352 g/mol. The fraction of sp³-hybridized carbons (Fsp3) is 0.0909. The van der Waals surface area contributed by atoms with E-state index in [-0.39, 0.29) is 5.91 Å². The molecule has 0 atom stereocenters. The van der Waals surface area contributed by atoms with E-state index < -0.39 is 0 Å². The number of carbonyl (C=O) groups is 1. The molecular formula is C22H20N4O2. The van der Waals surface area contributed by atoms with Crippen LogP contribution in [0.15, 0.2) is 72.9 Å². The van der Waals surface area contributed by atoms with E-state index in [1.165, 1.54) is 0 Å². The zero-order valence-electron chi connectivity index (χ0n) is 15.4. The second-order valence-electron chi connectivity index (χ2n) is 6.49. The maximum absolute atomic E-state index is 12.4. The molecule has 0 aliphatic heterocycles. The van der Waals surface area contributed by atoms with Gasteiger partial charge in [-0.3, -0.25) is 9.48 Å². The van der Waals surface area contributed by atoms with E-state index in [4.69, 9.17) is 10.5 Å². The molecule has 3 aromatic carbocycles. The van der Waals surface area contributed by atoms with Crippen molar-refractivity contribution in [2.75, 3.05) is 18.2 Å². The summed E-state index contributed by atoms with van der Waals surface area (Å²) >= 11 is 0. The number of hydrogen-bond donors (Lipinski definition) is 2. The number of nitrogens with one attached hydrogen (secondary N) is 1. The largest absolute Gasteiger partial charge is 0.497 e. The molecule has 3 N–H and O–H groups in total. The number of methoxy groups -OCH3 is 1. The normalized spacial score (nSPS) is 10.8. The van der Waals surface area contributed by atoms with Crippen molar-refractivity contribution in [1.29, 1.82) is 0 Å². The molecule has 0 aliphatic carbocycles. The second kappa shape index (κ2) is 7.44. The summed E-state index contributed by atoms with van der Waals surface area (Å²) in [6, 6.07) is 20.5. The van der Waals surface area contributed by atoms with Crippen LogP contribution in [0.3, 0.4) is 0 Å². The first kappa shape index (κ1) is 17.6. The summed E-state index contributed by atoms with van der Waals surface area (Å²) in [4.78, 5) is 12.4. The maximum atomic E-state index is 12.4. The van der Waals surface area contributed by atoms with Crippen molar-refractivity contribution in [1.82, 2.24) is 9.78 Å². The van der Waals surface area contributed by atoms with Crippen molar-refractivity contribution in [2.45, 2.75) is 6.54 Å². The lowest BCUT2D eigenvalue weighted by atomic mass is 10.1. The number of carbonyl (C=O) groups excluding carboxylic acids is 1. The zero-order chi connectivity index (χ0) is 19.5. The Morgan fingerprint density at radius 2 is 1.89 bits per heavy atom. The Bertz CT molecular complexity index is 1130. The molecule has 6 nitrogen and oxygen atoms in total. The number of benzene rings is 3. The third kappa shape index (κ3) is 3.66. The van der Waals surface area contributed by atoms with Crippen LogP contribution in [0, 0.1) is 0 Å². The quantitative estimate of drug-likeness (QED) is 0.520. The number of anilines is 2. The molecule has 4 rings (SSSR count). The minimum absolute atomic E-state index is 0.193. The number of rotatable bonds is 5. The summed E-state index contributed by atoms with van der Waals surface area (Å²) in [6.07, 6.45) is 1.99. The summed E-state index contributed by atoms with van der Waals surface area (Å²) in [6.45, 7) is 0.616. The SMILES string of the molecule is COc1ccc2cn(Cc3ccc(C(=O)Nc4ccccc4N)cc3)nc2c1. The van der Waals surface area contributed by atoms with E-state index in [9.17, 15) is 4.79 Å². The highest BCUT2D eigenvalue weighted by Crippen LogP contribution is 2.20. The number of aromatic nitrogens is 2. The molecule has 6 heteroatoms. The fourth-order valence-corrected chi connectivity index (χ4v) is 3.01. The van der Waals surface area contributed by atoms with Gasteiger partial charge in [-0.15, -0.1) is 0 Å². The van der Waals surface area contributed by atoms with Crippen LogP contribution < -0.4 is 15.8 Å². The standard InChI is InChI=1S/C22H20N4O2/c1-28-18-11-10-17-14-26(25-21(17)12-18)13-15-6-8-16(9-7-15)22(27)24-20-5-3-2-4-19(20)23/h2-12,14H,13,23H2,1H3,(H,24,27). The molecule has 0 aliphatic rings. The fourth-order valence-electron chi connectivity index (χ4n) is 3.01. The molecule has 0 unspecified atom stereocenters. The number of amides is 1. The van der Waals surface area contributed by atoms with Gasteiger partial charge in [0.25, 0.3) is 5.91 Å². The number of fused-ring (bicyclic) bond motifs is 1. The summed E-state index contributed by atoms with van der Waals surface area (Å²) in [7, 11) is 1.64. The lowest BCUT2D eigenvalue weighted by Crippen LogP contribution is -2.13. The number of para-hydroxylation sites is 2. The van der Waals surface area contributed by atoms with E-state index in [2.05, 4.69) is 10.4 Å². The molecule has 0 spiro atoms. The van der Waals surface area contributed by atoms with E-state index in [1.54, 1.807) is 31.4 Å². The molecule has 4 aromatic rings. The van der Waals surface area contributed by atoms with Crippen LogP contribution in [0.2, 0.25) is 0 Å². The minimum Gasteiger partial charge on any atom is -0.497 e. The Kier molecular flexibility index (Phi) is 4.68. The third-order valence-electron chi connectivity index (χ3n) is 4.53. The van der Waals surface area contributed by atoms with Crippen LogP contribution in [-0.2, 0) is 6.54 Å². The molecule has 140 valence electrons. The van der Waals surface area contributed by atoms with Crippen LogP contribution in [-0.4, -0.2) is 22.8 Å². The predicted molar refractivity (Wildman–Crippen MR) is 111 cm³/mol. The molecule has 1 heterocycles. The van der Waals surface area contributed by atoms with Gasteiger partial charge >= 0.3 is 0 Å². The molecule has 0 radical (unpaired) electrons. The van der Waals surface area contributed by atoms with Gasteiger partial charge in [-0.1, -0.05) is 24.3 Å². The highest BCUT2D eigenvalue weighted by Gasteiger charge is 2.08. The van der Waals surface area contributed by atoms with Gasteiger partial charge < -0.3 is 15.8 Å². The van der Waals surface area contributed by atoms with E-state index >= 15 is 0 Å². The lowest BCUT2D eigenvalue weighted by Gasteiger charge is -2.08. The van der Waals surface area contributed by atoms with Crippen molar-refractivity contribution >= 4 is 28.2 Å². The highest BCUT2D eigenvalue weighted by atomic mass is 16.5. The Labute approximate surface area is 162 Å². The first-order chi connectivity index (χ1) is 13.6. The van der Waals surface area contributed by atoms with E-state index in [1.807, 2.05) is 53.3 Å². The minimum atomic E-state index is -0.193. The second-order valence-corrected chi connectivity index (χ2v) is 6.49. The molecule has 1 amide bonds. The molecule has 0 saturated carbocycles. The Morgan fingerprint density at radius 1 is 1.11 bits per heavy atom.